The number of unbranched alkanes of at least 4 members (excludes halogenated alkanes) is 2. The molecule has 0 saturated carbocycles. The first kappa shape index (κ1) is 58.5. The van der Waals surface area contributed by atoms with Crippen molar-refractivity contribution in [3.05, 3.63) is 46.5 Å². The normalized spacial score (nSPS) is 18.4. The van der Waals surface area contributed by atoms with Gasteiger partial charge in [0.05, 0.1) is 38.6 Å². The van der Waals surface area contributed by atoms with Crippen molar-refractivity contribution in [3.8, 4) is 22.6 Å². The van der Waals surface area contributed by atoms with Crippen molar-refractivity contribution in [2.75, 3.05) is 26.4 Å². The second-order valence-electron chi connectivity index (χ2n) is 29.8. The van der Waals surface area contributed by atoms with E-state index in [0.717, 1.165) is 89.3 Å². The molecule has 4 unspecified atom stereocenters. The van der Waals surface area contributed by atoms with Crippen LogP contribution in [0.15, 0.2) is 24.3 Å². The van der Waals surface area contributed by atoms with Crippen LogP contribution in [0.4, 0.5) is 0 Å². The summed E-state index contributed by atoms with van der Waals surface area (Å²) in [6.45, 7) is 56.5. The van der Waals surface area contributed by atoms with Gasteiger partial charge in [-0.05, 0) is 155 Å². The van der Waals surface area contributed by atoms with E-state index in [9.17, 15) is 0 Å². The molecule has 0 amide bonds. The molecular weight excluding hydrogens is 833 g/mol. The average Bonchev–Trinajstić information content (AvgIpc) is 4.08. The first-order chi connectivity index (χ1) is 31.1. The summed E-state index contributed by atoms with van der Waals surface area (Å²) < 4.78 is 26.4. The molecule has 0 radical (unpaired) electrons. The Balaban J connectivity index is 2.02. The fraction of sp³-hybridized carbons (Fsp3) is 0.812. The van der Waals surface area contributed by atoms with Gasteiger partial charge in [0.2, 0.25) is 0 Å². The fourth-order valence-electron chi connectivity index (χ4n) is 13.3. The average molecular weight is 944 g/mol. The molecule has 2 saturated heterocycles. The minimum absolute atomic E-state index is 0.129. The van der Waals surface area contributed by atoms with Crippen LogP contribution < -0.4 is 9.47 Å². The number of ether oxygens (including phenoxy) is 4. The number of hydrogen-bond acceptors (Lipinski definition) is 4. The maximum atomic E-state index is 7.34. The summed E-state index contributed by atoms with van der Waals surface area (Å²) in [5.41, 5.74) is 7.91. The molecule has 68 heavy (non-hydrogen) atoms. The van der Waals surface area contributed by atoms with E-state index in [2.05, 4.69) is 177 Å². The van der Waals surface area contributed by atoms with Gasteiger partial charge in [-0.1, -0.05) is 178 Å². The highest BCUT2D eigenvalue weighted by Crippen LogP contribution is 2.53. The maximum absolute atomic E-state index is 7.34. The molecule has 2 aromatic carbocycles. The zero-order valence-corrected chi connectivity index (χ0v) is 49.0. The summed E-state index contributed by atoms with van der Waals surface area (Å²) in [7, 11) is 0. The van der Waals surface area contributed by atoms with E-state index in [4.69, 9.17) is 18.9 Å². The van der Waals surface area contributed by atoms with Crippen LogP contribution in [0.1, 0.15) is 264 Å². The van der Waals surface area contributed by atoms with Crippen molar-refractivity contribution in [2.45, 2.75) is 276 Å². The lowest BCUT2D eigenvalue weighted by molar-refractivity contribution is 0.234. The van der Waals surface area contributed by atoms with Crippen LogP contribution in [0.3, 0.4) is 0 Å². The maximum Gasteiger partial charge on any atom is 0.126 e. The molecule has 0 bridgehead atoms. The Morgan fingerprint density at radius 2 is 0.647 bits per heavy atom. The quantitative estimate of drug-likeness (QED) is 0.0661. The van der Waals surface area contributed by atoms with E-state index in [1.165, 1.54) is 71.9 Å². The Hall–Kier alpha value is -2.04. The zero-order chi connectivity index (χ0) is 51.3. The summed E-state index contributed by atoms with van der Waals surface area (Å²) in [6, 6.07) is 10.3. The molecule has 4 nitrogen and oxygen atoms in total. The van der Waals surface area contributed by atoms with E-state index in [-0.39, 0.29) is 43.3 Å². The third kappa shape index (κ3) is 18.2. The summed E-state index contributed by atoms with van der Waals surface area (Å²) in [6.07, 6.45) is 17.0. The lowest BCUT2D eigenvalue weighted by Gasteiger charge is -2.40. The van der Waals surface area contributed by atoms with Gasteiger partial charge in [0.25, 0.3) is 0 Å². The lowest BCUT2D eigenvalue weighted by atomic mass is 9.66. The van der Waals surface area contributed by atoms with Crippen molar-refractivity contribution in [1.29, 1.82) is 0 Å². The highest BCUT2D eigenvalue weighted by atomic mass is 16.6. The number of epoxide rings is 2. The highest BCUT2D eigenvalue weighted by Gasteiger charge is 2.40. The van der Waals surface area contributed by atoms with Crippen molar-refractivity contribution < 1.29 is 18.9 Å². The summed E-state index contributed by atoms with van der Waals surface area (Å²) in [5, 5.41) is 0. The molecule has 390 valence electrons. The van der Waals surface area contributed by atoms with E-state index >= 15 is 0 Å². The van der Waals surface area contributed by atoms with Crippen LogP contribution in [-0.2, 0) is 31.1 Å². The molecule has 4 heteroatoms. The van der Waals surface area contributed by atoms with Crippen LogP contribution in [0.2, 0.25) is 0 Å². The Morgan fingerprint density at radius 3 is 0.853 bits per heavy atom. The molecule has 0 aliphatic carbocycles. The molecular formula is C64H110O4. The van der Waals surface area contributed by atoms with Gasteiger partial charge < -0.3 is 18.9 Å². The second-order valence-corrected chi connectivity index (χ2v) is 29.8. The standard InChI is InChI=1S/C64H110O4/c1-23-25-29-45(53-39-67-53)31-27-33-65-55-49(61(15,16)41-57(3,4)5)35-47(36-50(55)62(17,18)42-58(6,7)8)48-37-51(63(19,20)43-59(9,10)11)56(52(38-48)64(21,22)44-60(12,13)14)66-34-28-32-46(30-26-24-2)54-40-68-54/h35-38,45-46,53-54H,23-34,39-44H2,1-22H3. The van der Waals surface area contributed by atoms with E-state index < -0.39 is 0 Å². The molecule has 2 fully saturated rings. The van der Waals surface area contributed by atoms with Gasteiger partial charge in [-0.15, -0.1) is 0 Å². The largest absolute Gasteiger partial charge is 0.493 e. The van der Waals surface area contributed by atoms with E-state index in [1.807, 2.05) is 0 Å². The molecule has 4 rings (SSSR count). The van der Waals surface area contributed by atoms with Gasteiger partial charge in [-0.2, -0.15) is 0 Å². The second kappa shape index (κ2) is 22.8. The molecule has 4 atom stereocenters. The molecule has 0 N–H and O–H groups in total. The van der Waals surface area contributed by atoms with Crippen molar-refractivity contribution in [3.63, 3.8) is 0 Å². The molecule has 2 aliphatic heterocycles. The molecule has 2 aromatic rings. The topological polar surface area (TPSA) is 43.5 Å². The summed E-state index contributed by atoms with van der Waals surface area (Å²) in [5.74, 6) is 3.52. The van der Waals surface area contributed by atoms with Gasteiger partial charge in [0.1, 0.15) is 11.5 Å². The lowest BCUT2D eigenvalue weighted by Crippen LogP contribution is -2.30. The third-order valence-electron chi connectivity index (χ3n) is 14.9. The molecule has 0 spiro atoms. The smallest absolute Gasteiger partial charge is 0.126 e. The monoisotopic (exact) mass is 943 g/mol. The summed E-state index contributed by atoms with van der Waals surface area (Å²) >= 11 is 0. The van der Waals surface area contributed by atoms with Gasteiger partial charge in [-0.25, -0.2) is 0 Å². The Labute approximate surface area is 422 Å². The molecule has 2 heterocycles. The van der Waals surface area contributed by atoms with Crippen molar-refractivity contribution >= 4 is 0 Å². The van der Waals surface area contributed by atoms with Gasteiger partial charge in [0, 0.05) is 22.3 Å². The Kier molecular flexibility index (Phi) is 19.6. The summed E-state index contributed by atoms with van der Waals surface area (Å²) in [4.78, 5) is 0. The van der Waals surface area contributed by atoms with E-state index in [0.29, 0.717) is 24.0 Å². The zero-order valence-electron chi connectivity index (χ0n) is 49.0. The first-order valence-corrected chi connectivity index (χ1v) is 28.0. The van der Waals surface area contributed by atoms with Gasteiger partial charge >= 0.3 is 0 Å². The van der Waals surface area contributed by atoms with Crippen LogP contribution in [0, 0.1) is 33.5 Å². The number of benzene rings is 2. The van der Waals surface area contributed by atoms with Crippen molar-refractivity contribution in [2.24, 2.45) is 33.5 Å². The number of rotatable bonds is 27. The highest BCUT2D eigenvalue weighted by molar-refractivity contribution is 5.73. The molecule has 2 aliphatic rings. The Morgan fingerprint density at radius 1 is 0.412 bits per heavy atom. The van der Waals surface area contributed by atoms with Crippen LogP contribution in [-0.4, -0.2) is 38.6 Å². The van der Waals surface area contributed by atoms with Gasteiger partial charge in [0.15, 0.2) is 0 Å². The van der Waals surface area contributed by atoms with E-state index in [1.54, 1.807) is 0 Å². The first-order valence-electron chi connectivity index (χ1n) is 28.0. The van der Waals surface area contributed by atoms with Crippen LogP contribution in [0.5, 0.6) is 11.5 Å². The number of hydrogen-bond donors (Lipinski definition) is 0. The predicted molar refractivity (Wildman–Crippen MR) is 295 cm³/mol. The Bertz CT molecular complexity index is 1640. The predicted octanol–water partition coefficient (Wildman–Crippen LogP) is 18.9. The third-order valence-corrected chi connectivity index (χ3v) is 14.9. The minimum Gasteiger partial charge on any atom is -0.493 e. The van der Waals surface area contributed by atoms with Crippen LogP contribution in [0.25, 0.3) is 11.1 Å². The van der Waals surface area contributed by atoms with Crippen LogP contribution >= 0.6 is 0 Å². The minimum atomic E-state index is -0.145. The SMILES string of the molecule is CCCCC(CCCOc1c(C(C)(C)CC(C)(C)C)cc(-c2cc(C(C)(C)CC(C)(C)C)c(OCCCC(CCCC)C3CO3)c(C(C)(C)CC(C)(C)C)c2)cc1C(C)(C)CC(C)(C)C)C1CO1. The molecule has 0 aromatic heterocycles. The van der Waals surface area contributed by atoms with Crippen molar-refractivity contribution in [1.82, 2.24) is 0 Å². The van der Waals surface area contributed by atoms with Gasteiger partial charge in [-0.3, -0.25) is 0 Å². The fourth-order valence-corrected chi connectivity index (χ4v) is 13.3.